The number of carbonyl (C=O) groups excluding carboxylic acids is 1. The van der Waals surface area contributed by atoms with Gasteiger partial charge in [0.1, 0.15) is 0 Å². The van der Waals surface area contributed by atoms with Crippen LogP contribution in [0.2, 0.25) is 0 Å². The average molecular weight is 762 g/mol. The van der Waals surface area contributed by atoms with Crippen LogP contribution in [-0.4, -0.2) is 46.1 Å². The maximum atomic E-state index is 12.5. The van der Waals surface area contributed by atoms with E-state index in [4.69, 9.17) is 0 Å². The predicted molar refractivity (Wildman–Crippen MR) is 236 cm³/mol. The molecule has 5 nitrogen and oxygen atoms in total. The second-order valence-electron chi connectivity index (χ2n) is 16.7. The second-order valence-corrected chi connectivity index (χ2v) is 16.7. The minimum absolute atomic E-state index is 0.0100. The van der Waals surface area contributed by atoms with Crippen LogP contribution in [0, 0.1) is 0 Å². The fourth-order valence-corrected chi connectivity index (χ4v) is 7.53. The molecule has 0 bridgehead atoms. The molecule has 0 aliphatic heterocycles. The van der Waals surface area contributed by atoms with Crippen LogP contribution in [-0.2, 0) is 4.79 Å². The van der Waals surface area contributed by atoms with Gasteiger partial charge < -0.3 is 20.6 Å². The molecule has 0 rings (SSSR count). The molecule has 0 aromatic rings. The van der Waals surface area contributed by atoms with Gasteiger partial charge in [0.25, 0.3) is 0 Å². The zero-order valence-electron chi connectivity index (χ0n) is 36.4. The number of amides is 1. The molecule has 320 valence electrons. The predicted octanol–water partition coefficient (Wildman–Crippen LogP) is 14.2. The number of hydrogen-bond donors (Lipinski definition) is 4. The molecule has 3 atom stereocenters. The highest BCUT2D eigenvalue weighted by Crippen LogP contribution is 2.17. The van der Waals surface area contributed by atoms with E-state index in [1.807, 2.05) is 6.08 Å². The summed E-state index contributed by atoms with van der Waals surface area (Å²) in [6, 6.07) is -0.757. The van der Waals surface area contributed by atoms with Gasteiger partial charge in [-0.15, -0.1) is 0 Å². The van der Waals surface area contributed by atoms with Gasteiger partial charge in [0.05, 0.1) is 31.3 Å². The zero-order valence-corrected chi connectivity index (χ0v) is 36.4. The van der Waals surface area contributed by atoms with Gasteiger partial charge in [-0.05, 0) is 32.1 Å². The van der Waals surface area contributed by atoms with Crippen molar-refractivity contribution >= 4 is 5.91 Å². The van der Waals surface area contributed by atoms with Crippen LogP contribution in [0.25, 0.3) is 0 Å². The number of nitrogens with one attached hydrogen (secondary N) is 1. The summed E-state index contributed by atoms with van der Waals surface area (Å²) in [7, 11) is 0. The molecule has 0 radical (unpaired) electrons. The molecular formula is C49H95NO4. The van der Waals surface area contributed by atoms with Crippen LogP contribution in [0.4, 0.5) is 0 Å². The minimum Gasteiger partial charge on any atom is -0.394 e. The SMILES string of the molecule is CCCCCCCCCCCC/C=C/CC/C=C/C(O)C(CO)NC(=O)CC(O)CCCCCCCCCCCCCCCCCCCCCCCCC. The Hall–Kier alpha value is -1.17. The van der Waals surface area contributed by atoms with Gasteiger partial charge in [0, 0.05) is 0 Å². The second kappa shape index (κ2) is 44.5. The maximum absolute atomic E-state index is 12.5. The van der Waals surface area contributed by atoms with E-state index in [9.17, 15) is 20.1 Å². The van der Waals surface area contributed by atoms with E-state index in [2.05, 4.69) is 31.3 Å². The molecule has 1 amide bonds. The Balaban J connectivity index is 3.61. The van der Waals surface area contributed by atoms with E-state index in [-0.39, 0.29) is 18.9 Å². The van der Waals surface area contributed by atoms with E-state index in [0.29, 0.717) is 6.42 Å². The fourth-order valence-electron chi connectivity index (χ4n) is 7.53. The smallest absolute Gasteiger partial charge is 0.222 e. The zero-order chi connectivity index (χ0) is 39.4. The van der Waals surface area contributed by atoms with Crippen LogP contribution in [0.3, 0.4) is 0 Å². The number of hydrogen-bond acceptors (Lipinski definition) is 4. The van der Waals surface area contributed by atoms with Crippen LogP contribution < -0.4 is 5.32 Å². The van der Waals surface area contributed by atoms with Crippen molar-refractivity contribution in [2.24, 2.45) is 0 Å². The number of aliphatic hydroxyl groups excluding tert-OH is 3. The van der Waals surface area contributed by atoms with Crippen molar-refractivity contribution in [3.05, 3.63) is 24.3 Å². The van der Waals surface area contributed by atoms with Crippen LogP contribution in [0.1, 0.15) is 258 Å². The average Bonchev–Trinajstić information content (AvgIpc) is 3.16. The third-order valence-electron chi connectivity index (χ3n) is 11.2. The summed E-state index contributed by atoms with van der Waals surface area (Å²) in [5, 5.41) is 33.3. The quantitative estimate of drug-likeness (QED) is 0.0368. The number of rotatable bonds is 44. The monoisotopic (exact) mass is 762 g/mol. The third kappa shape index (κ3) is 40.5. The minimum atomic E-state index is -0.948. The first kappa shape index (κ1) is 52.8. The lowest BCUT2D eigenvalue weighted by atomic mass is 10.0. The first-order chi connectivity index (χ1) is 26.5. The molecule has 4 N–H and O–H groups in total. The standard InChI is InChI=1S/C49H95NO4/c1-3-5-7-9-11-13-15-17-19-21-22-23-24-25-26-27-28-30-32-34-36-38-40-42-46(52)44-49(54)50-47(45-51)48(53)43-41-39-37-35-33-31-29-20-18-16-14-12-10-8-6-4-2/h33,35,41,43,46-48,51-53H,3-32,34,36-40,42,44-45H2,1-2H3,(H,50,54)/b35-33+,43-41+. The molecule has 0 fully saturated rings. The van der Waals surface area contributed by atoms with Crippen molar-refractivity contribution in [3.63, 3.8) is 0 Å². The molecule has 0 aliphatic rings. The van der Waals surface area contributed by atoms with Crippen molar-refractivity contribution in [1.82, 2.24) is 5.32 Å². The summed E-state index contributed by atoms with van der Waals surface area (Å²) in [4.78, 5) is 12.5. The summed E-state index contributed by atoms with van der Waals surface area (Å²) in [6.07, 6.45) is 54.8. The van der Waals surface area contributed by atoms with Crippen LogP contribution >= 0.6 is 0 Å². The van der Waals surface area contributed by atoms with Crippen molar-refractivity contribution in [3.8, 4) is 0 Å². The summed E-state index contributed by atoms with van der Waals surface area (Å²) in [5.74, 6) is -0.321. The molecule has 0 aromatic heterocycles. The topological polar surface area (TPSA) is 89.8 Å². The molecule has 3 unspecified atom stereocenters. The fraction of sp³-hybridized carbons (Fsp3) is 0.898. The third-order valence-corrected chi connectivity index (χ3v) is 11.2. The Kier molecular flexibility index (Phi) is 43.6. The summed E-state index contributed by atoms with van der Waals surface area (Å²) >= 11 is 0. The highest BCUT2D eigenvalue weighted by atomic mass is 16.3. The van der Waals surface area contributed by atoms with Gasteiger partial charge in [-0.3, -0.25) is 4.79 Å². The Morgan fingerprint density at radius 2 is 0.796 bits per heavy atom. The molecule has 0 saturated carbocycles. The van der Waals surface area contributed by atoms with E-state index in [1.54, 1.807) is 6.08 Å². The van der Waals surface area contributed by atoms with E-state index in [0.717, 1.165) is 32.1 Å². The highest BCUT2D eigenvalue weighted by molar-refractivity contribution is 5.76. The van der Waals surface area contributed by atoms with Gasteiger partial charge in [-0.2, -0.15) is 0 Å². The molecule has 0 aromatic carbocycles. The number of aliphatic hydroxyl groups is 3. The number of carbonyl (C=O) groups is 1. The first-order valence-corrected chi connectivity index (χ1v) is 24.1. The van der Waals surface area contributed by atoms with Crippen LogP contribution in [0.5, 0.6) is 0 Å². The largest absolute Gasteiger partial charge is 0.394 e. The summed E-state index contributed by atoms with van der Waals surface area (Å²) in [5.41, 5.74) is 0. The normalized spacial score (nSPS) is 13.6. The van der Waals surface area contributed by atoms with Crippen molar-refractivity contribution in [2.75, 3.05) is 6.61 Å². The van der Waals surface area contributed by atoms with Gasteiger partial charge in [-0.25, -0.2) is 0 Å². The van der Waals surface area contributed by atoms with Crippen LogP contribution in [0.15, 0.2) is 24.3 Å². The van der Waals surface area contributed by atoms with E-state index < -0.39 is 18.2 Å². The summed E-state index contributed by atoms with van der Waals surface area (Å²) < 4.78 is 0. The van der Waals surface area contributed by atoms with Crippen molar-refractivity contribution in [1.29, 1.82) is 0 Å². The first-order valence-electron chi connectivity index (χ1n) is 24.1. The number of allylic oxidation sites excluding steroid dienone is 3. The number of unbranched alkanes of at least 4 members (excludes halogenated alkanes) is 33. The molecule has 5 heteroatoms. The Bertz CT molecular complexity index is 799. The molecule has 0 aliphatic carbocycles. The molecule has 0 heterocycles. The lowest BCUT2D eigenvalue weighted by Crippen LogP contribution is -2.45. The van der Waals surface area contributed by atoms with Crippen molar-refractivity contribution in [2.45, 2.75) is 276 Å². The Morgan fingerprint density at radius 1 is 0.463 bits per heavy atom. The Morgan fingerprint density at radius 3 is 1.19 bits per heavy atom. The van der Waals surface area contributed by atoms with E-state index in [1.165, 1.54) is 199 Å². The molecular weight excluding hydrogens is 667 g/mol. The lowest BCUT2D eigenvalue weighted by molar-refractivity contribution is -0.124. The Labute approximate surface area is 337 Å². The van der Waals surface area contributed by atoms with Crippen molar-refractivity contribution < 1.29 is 20.1 Å². The molecule has 0 spiro atoms. The van der Waals surface area contributed by atoms with Gasteiger partial charge in [0.15, 0.2) is 0 Å². The summed E-state index contributed by atoms with van der Waals surface area (Å²) in [6.45, 7) is 4.22. The molecule has 0 saturated heterocycles. The lowest BCUT2D eigenvalue weighted by Gasteiger charge is -2.21. The highest BCUT2D eigenvalue weighted by Gasteiger charge is 2.20. The van der Waals surface area contributed by atoms with Gasteiger partial charge >= 0.3 is 0 Å². The van der Waals surface area contributed by atoms with E-state index >= 15 is 0 Å². The maximum Gasteiger partial charge on any atom is 0.222 e. The van der Waals surface area contributed by atoms with Gasteiger partial charge in [0.2, 0.25) is 5.91 Å². The molecule has 54 heavy (non-hydrogen) atoms. The van der Waals surface area contributed by atoms with Gasteiger partial charge in [-0.1, -0.05) is 244 Å².